The van der Waals surface area contributed by atoms with Crippen LogP contribution in [0, 0.1) is 0 Å². The zero-order valence-corrected chi connectivity index (χ0v) is 9.50. The summed E-state index contributed by atoms with van der Waals surface area (Å²) in [6, 6.07) is 2.67. The lowest BCUT2D eigenvalue weighted by atomic mass is 10.1. The molecule has 0 amide bonds. The average Bonchev–Trinajstić information content (AvgIpc) is 2.18. The largest absolute Gasteiger partial charge is 0.405 e. The van der Waals surface area contributed by atoms with Crippen molar-refractivity contribution in [3.63, 3.8) is 0 Å². The molecular formula is C9H9Cl2F3N2. The van der Waals surface area contributed by atoms with Crippen LogP contribution >= 0.6 is 23.2 Å². The molecule has 0 saturated carbocycles. The number of alkyl halides is 3. The van der Waals surface area contributed by atoms with Gasteiger partial charge in [-0.25, -0.2) is 5.43 Å². The van der Waals surface area contributed by atoms with E-state index in [1.165, 1.54) is 18.2 Å². The maximum atomic E-state index is 12.4. The molecule has 3 N–H and O–H groups in total. The highest BCUT2D eigenvalue weighted by Crippen LogP contribution is 2.29. The lowest BCUT2D eigenvalue weighted by Crippen LogP contribution is -2.47. The summed E-state index contributed by atoms with van der Waals surface area (Å²) in [6.07, 6.45) is -4.79. The van der Waals surface area contributed by atoms with Gasteiger partial charge >= 0.3 is 6.18 Å². The minimum atomic E-state index is -4.43. The van der Waals surface area contributed by atoms with E-state index in [0.29, 0.717) is 5.56 Å². The Kier molecular flexibility index (Phi) is 4.43. The Morgan fingerprint density at radius 2 is 1.94 bits per heavy atom. The Labute approximate surface area is 100 Å². The van der Waals surface area contributed by atoms with Crippen molar-refractivity contribution in [1.29, 1.82) is 0 Å². The maximum Gasteiger partial charge on any atom is 0.405 e. The van der Waals surface area contributed by atoms with E-state index < -0.39 is 12.2 Å². The summed E-state index contributed by atoms with van der Waals surface area (Å²) in [6.45, 7) is 0. The van der Waals surface area contributed by atoms with Crippen molar-refractivity contribution < 1.29 is 13.2 Å². The monoisotopic (exact) mass is 272 g/mol. The van der Waals surface area contributed by atoms with Gasteiger partial charge in [-0.15, -0.1) is 0 Å². The second kappa shape index (κ2) is 5.23. The molecule has 0 fully saturated rings. The molecule has 0 saturated heterocycles. The van der Waals surface area contributed by atoms with Crippen molar-refractivity contribution in [3.05, 3.63) is 33.8 Å². The molecule has 90 valence electrons. The minimum Gasteiger partial charge on any atom is -0.271 e. The van der Waals surface area contributed by atoms with Crippen LogP contribution < -0.4 is 11.3 Å². The molecule has 1 unspecified atom stereocenters. The lowest BCUT2D eigenvalue weighted by Gasteiger charge is -2.19. The van der Waals surface area contributed by atoms with Crippen molar-refractivity contribution >= 4 is 23.2 Å². The molecule has 0 radical (unpaired) electrons. The van der Waals surface area contributed by atoms with Crippen LogP contribution in [0.1, 0.15) is 5.56 Å². The lowest BCUT2D eigenvalue weighted by molar-refractivity contribution is -0.155. The van der Waals surface area contributed by atoms with Crippen molar-refractivity contribution in [1.82, 2.24) is 5.43 Å². The van der Waals surface area contributed by atoms with Gasteiger partial charge in [0.25, 0.3) is 0 Å². The van der Waals surface area contributed by atoms with Crippen LogP contribution in [0.2, 0.25) is 10.0 Å². The Balaban J connectivity index is 2.91. The third-order valence-electron chi connectivity index (χ3n) is 2.05. The van der Waals surface area contributed by atoms with Crippen molar-refractivity contribution in [3.8, 4) is 0 Å². The van der Waals surface area contributed by atoms with E-state index in [4.69, 9.17) is 29.0 Å². The summed E-state index contributed by atoms with van der Waals surface area (Å²) >= 11 is 11.5. The number of hydrazine groups is 1. The van der Waals surface area contributed by atoms with Crippen LogP contribution in [0.5, 0.6) is 0 Å². The fraction of sp³-hybridized carbons (Fsp3) is 0.333. The zero-order valence-electron chi connectivity index (χ0n) is 7.98. The number of halogens is 5. The highest BCUT2D eigenvalue weighted by molar-refractivity contribution is 6.42. The zero-order chi connectivity index (χ0) is 12.3. The molecule has 0 aliphatic rings. The van der Waals surface area contributed by atoms with E-state index in [0.717, 1.165) is 0 Å². The quantitative estimate of drug-likeness (QED) is 0.656. The van der Waals surface area contributed by atoms with Crippen LogP contribution in [0.15, 0.2) is 18.2 Å². The van der Waals surface area contributed by atoms with Crippen molar-refractivity contribution in [2.24, 2.45) is 5.84 Å². The van der Waals surface area contributed by atoms with Crippen molar-refractivity contribution in [2.45, 2.75) is 18.6 Å². The Bertz CT molecular complexity index is 368. The molecule has 0 bridgehead atoms. The number of nitrogens with one attached hydrogen (secondary N) is 1. The number of hydrogen-bond donors (Lipinski definition) is 2. The average molecular weight is 273 g/mol. The van der Waals surface area contributed by atoms with E-state index in [1.54, 1.807) is 5.43 Å². The molecular weight excluding hydrogens is 264 g/mol. The van der Waals surface area contributed by atoms with Gasteiger partial charge in [0.05, 0.1) is 10.0 Å². The third kappa shape index (κ3) is 3.25. The van der Waals surface area contributed by atoms with Gasteiger partial charge in [0.2, 0.25) is 0 Å². The summed E-state index contributed by atoms with van der Waals surface area (Å²) in [7, 11) is 0. The summed E-state index contributed by atoms with van der Waals surface area (Å²) in [5, 5.41) is 0.339. The van der Waals surface area contributed by atoms with Gasteiger partial charge in [-0.05, 0) is 18.1 Å². The second-order valence-corrected chi connectivity index (χ2v) is 3.96. The van der Waals surface area contributed by atoms with Crippen molar-refractivity contribution in [2.75, 3.05) is 0 Å². The van der Waals surface area contributed by atoms with E-state index in [-0.39, 0.29) is 16.5 Å². The van der Waals surface area contributed by atoms with Gasteiger partial charge in [0.15, 0.2) is 0 Å². The first-order valence-corrected chi connectivity index (χ1v) is 5.07. The molecule has 7 heteroatoms. The van der Waals surface area contributed by atoms with Gasteiger partial charge in [-0.3, -0.25) is 5.84 Å². The fourth-order valence-electron chi connectivity index (χ4n) is 1.20. The van der Waals surface area contributed by atoms with Gasteiger partial charge in [0, 0.05) is 0 Å². The van der Waals surface area contributed by atoms with E-state index in [2.05, 4.69) is 0 Å². The molecule has 0 aromatic heterocycles. The van der Waals surface area contributed by atoms with Crippen LogP contribution in [0.25, 0.3) is 0 Å². The SMILES string of the molecule is NNC(Cc1cccc(Cl)c1Cl)C(F)(F)F. The first-order chi connectivity index (χ1) is 7.36. The summed E-state index contributed by atoms with van der Waals surface area (Å²) in [4.78, 5) is 0. The predicted octanol–water partition coefficient (Wildman–Crippen LogP) is 2.93. The van der Waals surface area contributed by atoms with Gasteiger partial charge < -0.3 is 0 Å². The summed E-state index contributed by atoms with van der Waals surface area (Å²) in [5.41, 5.74) is 2.01. The van der Waals surface area contributed by atoms with Crippen LogP contribution in [0.4, 0.5) is 13.2 Å². The summed E-state index contributed by atoms with van der Waals surface area (Å²) < 4.78 is 37.3. The molecule has 1 atom stereocenters. The highest BCUT2D eigenvalue weighted by atomic mass is 35.5. The number of benzene rings is 1. The smallest absolute Gasteiger partial charge is 0.271 e. The molecule has 0 spiro atoms. The van der Waals surface area contributed by atoms with Crippen LogP contribution in [0.3, 0.4) is 0 Å². The maximum absolute atomic E-state index is 12.4. The molecule has 0 aliphatic carbocycles. The van der Waals surface area contributed by atoms with Gasteiger partial charge in [-0.2, -0.15) is 13.2 Å². The molecule has 0 aliphatic heterocycles. The fourth-order valence-corrected chi connectivity index (χ4v) is 1.59. The second-order valence-electron chi connectivity index (χ2n) is 3.18. The molecule has 16 heavy (non-hydrogen) atoms. The topological polar surface area (TPSA) is 38.0 Å². The molecule has 2 nitrogen and oxygen atoms in total. The predicted molar refractivity (Wildman–Crippen MR) is 57.3 cm³/mol. The molecule has 1 aromatic rings. The van der Waals surface area contributed by atoms with E-state index >= 15 is 0 Å². The molecule has 1 rings (SSSR count). The summed E-state index contributed by atoms with van der Waals surface area (Å²) in [5.74, 6) is 4.85. The first kappa shape index (κ1) is 13.6. The first-order valence-electron chi connectivity index (χ1n) is 4.32. The van der Waals surface area contributed by atoms with Crippen LogP contribution in [-0.4, -0.2) is 12.2 Å². The third-order valence-corrected chi connectivity index (χ3v) is 2.91. The Morgan fingerprint density at radius 1 is 1.31 bits per heavy atom. The Hall–Kier alpha value is -0.490. The highest BCUT2D eigenvalue weighted by Gasteiger charge is 2.39. The van der Waals surface area contributed by atoms with Gasteiger partial charge in [-0.1, -0.05) is 35.3 Å². The number of hydrogen-bond acceptors (Lipinski definition) is 2. The van der Waals surface area contributed by atoms with Gasteiger partial charge in [0.1, 0.15) is 6.04 Å². The van der Waals surface area contributed by atoms with E-state index in [9.17, 15) is 13.2 Å². The normalized spacial score (nSPS) is 13.9. The molecule has 0 heterocycles. The molecule has 1 aromatic carbocycles. The number of nitrogens with two attached hydrogens (primary N) is 1. The van der Waals surface area contributed by atoms with Crippen LogP contribution in [-0.2, 0) is 6.42 Å². The standard InChI is InChI=1S/C9H9Cl2F3N2/c10-6-3-1-2-5(8(6)11)4-7(16-15)9(12,13)14/h1-3,7,16H,4,15H2. The van der Waals surface area contributed by atoms with E-state index in [1.807, 2.05) is 0 Å². The minimum absolute atomic E-state index is 0.119. The Morgan fingerprint density at radius 3 is 2.44 bits per heavy atom. The number of rotatable bonds is 3.